The zero-order chi connectivity index (χ0) is 13.1. The molecule has 8 heteroatoms. The minimum Gasteiger partial charge on any atom is -0.396 e. The Morgan fingerprint density at radius 1 is 1.18 bits per heavy atom. The molecule has 0 bridgehead atoms. The zero-order valence-electron chi connectivity index (χ0n) is 8.44. The maximum Gasteiger partial charge on any atom is 0.534 e. The summed E-state index contributed by atoms with van der Waals surface area (Å²) in [6.07, 6.45) is 0.326. The van der Waals surface area contributed by atoms with Crippen molar-refractivity contribution < 1.29 is 30.9 Å². The summed E-state index contributed by atoms with van der Waals surface area (Å²) >= 11 is 0. The Morgan fingerprint density at radius 3 is 2.12 bits per heavy atom. The molecule has 17 heavy (non-hydrogen) atoms. The van der Waals surface area contributed by atoms with Crippen molar-refractivity contribution in [2.45, 2.75) is 11.9 Å². The summed E-state index contributed by atoms with van der Waals surface area (Å²) < 4.78 is 61.1. The van der Waals surface area contributed by atoms with E-state index in [0.29, 0.717) is 12.0 Å². The van der Waals surface area contributed by atoms with Gasteiger partial charge in [0.25, 0.3) is 0 Å². The third-order valence-electron chi connectivity index (χ3n) is 1.81. The van der Waals surface area contributed by atoms with Crippen molar-refractivity contribution in [3.05, 3.63) is 29.8 Å². The van der Waals surface area contributed by atoms with Crippen LogP contribution < -0.4 is 4.18 Å². The highest BCUT2D eigenvalue weighted by Gasteiger charge is 2.48. The van der Waals surface area contributed by atoms with Gasteiger partial charge in [-0.05, 0) is 24.1 Å². The number of hydrogen-bond donors (Lipinski definition) is 1. The van der Waals surface area contributed by atoms with Crippen LogP contribution in [0.2, 0.25) is 0 Å². The van der Waals surface area contributed by atoms with Gasteiger partial charge < -0.3 is 9.29 Å². The Labute approximate surface area is 95.8 Å². The predicted octanol–water partition coefficient (Wildman–Crippen LogP) is 1.45. The van der Waals surface area contributed by atoms with Gasteiger partial charge in [-0.3, -0.25) is 0 Å². The first-order valence-corrected chi connectivity index (χ1v) is 5.87. The lowest BCUT2D eigenvalue weighted by Crippen LogP contribution is -2.28. The lowest BCUT2D eigenvalue weighted by atomic mass is 10.2. The highest BCUT2D eigenvalue weighted by atomic mass is 32.2. The Morgan fingerprint density at radius 2 is 1.71 bits per heavy atom. The molecule has 0 aromatic heterocycles. The summed E-state index contributed by atoms with van der Waals surface area (Å²) in [7, 11) is -5.63. The molecule has 0 saturated carbocycles. The number of hydrogen-bond acceptors (Lipinski definition) is 4. The molecule has 0 aliphatic rings. The van der Waals surface area contributed by atoms with Crippen LogP contribution in [0.1, 0.15) is 5.56 Å². The molecule has 0 aliphatic heterocycles. The van der Waals surface area contributed by atoms with Crippen molar-refractivity contribution in [1.29, 1.82) is 0 Å². The maximum atomic E-state index is 12.0. The molecule has 0 amide bonds. The second-order valence-electron chi connectivity index (χ2n) is 3.10. The summed E-state index contributed by atoms with van der Waals surface area (Å²) in [6.45, 7) is -0.110. The predicted molar refractivity (Wildman–Crippen MR) is 52.8 cm³/mol. The number of rotatable bonds is 4. The minimum absolute atomic E-state index is 0.110. The number of aliphatic hydroxyl groups excluding tert-OH is 1. The van der Waals surface area contributed by atoms with Crippen LogP contribution in [0.4, 0.5) is 13.2 Å². The Hall–Kier alpha value is -1.28. The van der Waals surface area contributed by atoms with Crippen molar-refractivity contribution in [1.82, 2.24) is 0 Å². The van der Waals surface area contributed by atoms with Crippen molar-refractivity contribution >= 4 is 10.1 Å². The van der Waals surface area contributed by atoms with Crippen molar-refractivity contribution in [2.24, 2.45) is 0 Å². The number of alkyl halides is 3. The molecule has 0 heterocycles. The van der Waals surface area contributed by atoms with Crippen LogP contribution in [0.5, 0.6) is 5.75 Å². The van der Waals surface area contributed by atoms with Crippen LogP contribution in [0, 0.1) is 0 Å². The van der Waals surface area contributed by atoms with Gasteiger partial charge >= 0.3 is 15.6 Å². The molecular weight excluding hydrogens is 261 g/mol. The lowest BCUT2D eigenvalue weighted by Gasteiger charge is -2.09. The quantitative estimate of drug-likeness (QED) is 0.664. The molecule has 4 nitrogen and oxygen atoms in total. The zero-order valence-corrected chi connectivity index (χ0v) is 9.25. The third kappa shape index (κ3) is 3.60. The Bertz CT molecular complexity index is 464. The van der Waals surface area contributed by atoms with E-state index in [1.165, 1.54) is 12.1 Å². The average molecular weight is 270 g/mol. The van der Waals surface area contributed by atoms with Gasteiger partial charge in [-0.15, -0.1) is 0 Å². The van der Waals surface area contributed by atoms with Gasteiger partial charge in [-0.1, -0.05) is 12.1 Å². The van der Waals surface area contributed by atoms with Crippen LogP contribution in [-0.2, 0) is 16.5 Å². The topological polar surface area (TPSA) is 63.6 Å². The molecule has 0 radical (unpaired) electrons. The molecule has 0 unspecified atom stereocenters. The molecule has 0 fully saturated rings. The first kappa shape index (κ1) is 13.8. The SMILES string of the molecule is O=S(=O)(Oc1ccc(CCO)cc1)C(F)(F)F. The van der Waals surface area contributed by atoms with Crippen LogP contribution in [0.3, 0.4) is 0 Å². The largest absolute Gasteiger partial charge is 0.534 e. The molecule has 1 rings (SSSR count). The van der Waals surface area contributed by atoms with Gasteiger partial charge in [0.1, 0.15) is 5.75 Å². The fourth-order valence-corrected chi connectivity index (χ4v) is 1.47. The van der Waals surface area contributed by atoms with Crippen LogP contribution >= 0.6 is 0 Å². The molecule has 0 aliphatic carbocycles. The monoisotopic (exact) mass is 270 g/mol. The van der Waals surface area contributed by atoms with E-state index >= 15 is 0 Å². The van der Waals surface area contributed by atoms with Crippen molar-refractivity contribution in [3.8, 4) is 5.75 Å². The van der Waals surface area contributed by atoms with Crippen molar-refractivity contribution in [3.63, 3.8) is 0 Å². The van der Waals surface area contributed by atoms with Gasteiger partial charge in [0, 0.05) is 6.61 Å². The van der Waals surface area contributed by atoms with Gasteiger partial charge in [-0.25, -0.2) is 0 Å². The summed E-state index contributed by atoms with van der Waals surface area (Å²) in [5.41, 5.74) is -4.79. The summed E-state index contributed by atoms with van der Waals surface area (Å²) in [4.78, 5) is 0. The molecule has 0 saturated heterocycles. The van der Waals surface area contributed by atoms with E-state index in [1.807, 2.05) is 0 Å². The minimum atomic E-state index is -5.63. The molecule has 1 aromatic rings. The Balaban J connectivity index is 2.83. The van der Waals surface area contributed by atoms with Gasteiger partial charge in [-0.2, -0.15) is 21.6 Å². The van der Waals surface area contributed by atoms with Crippen LogP contribution in [0.25, 0.3) is 0 Å². The highest BCUT2D eigenvalue weighted by molar-refractivity contribution is 7.87. The van der Waals surface area contributed by atoms with Crippen LogP contribution in [0.15, 0.2) is 24.3 Å². The Kier molecular flexibility index (Phi) is 3.99. The van der Waals surface area contributed by atoms with Gasteiger partial charge in [0.05, 0.1) is 0 Å². The van der Waals surface area contributed by atoms with E-state index in [2.05, 4.69) is 4.18 Å². The van der Waals surface area contributed by atoms with Gasteiger partial charge in [0.2, 0.25) is 0 Å². The van der Waals surface area contributed by atoms with E-state index in [4.69, 9.17) is 5.11 Å². The van der Waals surface area contributed by atoms with Crippen molar-refractivity contribution in [2.75, 3.05) is 6.61 Å². The maximum absolute atomic E-state index is 12.0. The fraction of sp³-hybridized carbons (Fsp3) is 0.333. The first-order valence-electron chi connectivity index (χ1n) is 4.47. The van der Waals surface area contributed by atoms with E-state index in [9.17, 15) is 21.6 Å². The molecule has 0 atom stereocenters. The number of benzene rings is 1. The molecule has 1 aromatic carbocycles. The van der Waals surface area contributed by atoms with E-state index in [0.717, 1.165) is 12.1 Å². The molecule has 0 spiro atoms. The molecular formula is C9H9F3O4S. The van der Waals surface area contributed by atoms with E-state index in [-0.39, 0.29) is 6.61 Å². The van der Waals surface area contributed by atoms with Gasteiger partial charge in [0.15, 0.2) is 0 Å². The lowest BCUT2D eigenvalue weighted by molar-refractivity contribution is -0.0500. The number of halogens is 3. The highest BCUT2D eigenvalue weighted by Crippen LogP contribution is 2.26. The standard InChI is InChI=1S/C9H9F3O4S/c10-9(11,12)17(14,15)16-8-3-1-7(2-4-8)5-6-13/h1-4,13H,5-6H2. The normalized spacial score (nSPS) is 12.5. The smallest absolute Gasteiger partial charge is 0.396 e. The first-order chi connectivity index (χ1) is 7.76. The van der Waals surface area contributed by atoms with E-state index < -0.39 is 21.4 Å². The summed E-state index contributed by atoms with van der Waals surface area (Å²) in [5.74, 6) is -0.427. The second kappa shape index (κ2) is 4.92. The van der Waals surface area contributed by atoms with E-state index in [1.54, 1.807) is 0 Å². The fourth-order valence-electron chi connectivity index (χ4n) is 1.01. The summed E-state index contributed by atoms with van der Waals surface area (Å²) in [6, 6.07) is 4.93. The average Bonchev–Trinajstić information content (AvgIpc) is 2.19. The van der Waals surface area contributed by atoms with Crippen LogP contribution in [-0.4, -0.2) is 25.6 Å². The third-order valence-corrected chi connectivity index (χ3v) is 2.79. The second-order valence-corrected chi connectivity index (χ2v) is 4.64. The summed E-state index contributed by atoms with van der Waals surface area (Å²) in [5, 5.41) is 8.61. The number of aliphatic hydroxyl groups is 1. The molecule has 96 valence electrons. The molecule has 1 N–H and O–H groups in total.